The normalized spacial score (nSPS) is 11.6. The van der Waals surface area contributed by atoms with Gasteiger partial charge in [0.15, 0.2) is 11.6 Å². The Morgan fingerprint density at radius 2 is 1.92 bits per heavy atom. The number of hydrogen-bond acceptors (Lipinski definition) is 7. The summed E-state index contributed by atoms with van der Waals surface area (Å²) >= 11 is 1.39. The zero-order valence-electron chi connectivity index (χ0n) is 20.1. The number of pyridine rings is 1. The number of nitrogen functional groups attached to an aromatic ring is 1. The molecule has 184 valence electrons. The van der Waals surface area contributed by atoms with E-state index in [0.717, 1.165) is 16.7 Å². The van der Waals surface area contributed by atoms with Gasteiger partial charge in [0.1, 0.15) is 6.10 Å². The SMILES string of the molecule is CSc1ccc(C(=O)Nc2cccc(C(C)Oc3cc(-c4cnn(C)c4)cnc3N)c2)cc1C(N)=O. The minimum Gasteiger partial charge on any atom is -0.482 e. The molecule has 0 spiro atoms. The van der Waals surface area contributed by atoms with Crippen molar-refractivity contribution in [1.29, 1.82) is 0 Å². The van der Waals surface area contributed by atoms with E-state index in [1.165, 1.54) is 17.8 Å². The van der Waals surface area contributed by atoms with Crippen molar-refractivity contribution >= 4 is 35.1 Å². The minimum atomic E-state index is -0.580. The van der Waals surface area contributed by atoms with Crippen molar-refractivity contribution in [3.05, 3.63) is 83.8 Å². The highest BCUT2D eigenvalue weighted by molar-refractivity contribution is 7.98. The Hall–Kier alpha value is -4.31. The molecule has 0 saturated heterocycles. The third-order valence-electron chi connectivity index (χ3n) is 5.56. The number of carbonyl (C=O) groups excluding carboxylic acids is 2. The quantitative estimate of drug-likeness (QED) is 0.306. The van der Waals surface area contributed by atoms with Crippen molar-refractivity contribution in [2.75, 3.05) is 17.3 Å². The van der Waals surface area contributed by atoms with Crippen molar-refractivity contribution < 1.29 is 14.3 Å². The van der Waals surface area contributed by atoms with Gasteiger partial charge in [-0.1, -0.05) is 12.1 Å². The van der Waals surface area contributed by atoms with Crippen molar-refractivity contribution in [1.82, 2.24) is 14.8 Å². The molecule has 0 bridgehead atoms. The molecular formula is C26H26N6O3S. The van der Waals surface area contributed by atoms with E-state index in [2.05, 4.69) is 15.4 Å². The van der Waals surface area contributed by atoms with Crippen LogP contribution >= 0.6 is 11.8 Å². The zero-order valence-corrected chi connectivity index (χ0v) is 20.9. The molecule has 4 aromatic rings. The summed E-state index contributed by atoms with van der Waals surface area (Å²) in [5, 5.41) is 7.05. The van der Waals surface area contributed by atoms with E-state index in [1.807, 2.05) is 50.7 Å². The minimum absolute atomic E-state index is 0.276. The lowest BCUT2D eigenvalue weighted by Crippen LogP contribution is -2.16. The van der Waals surface area contributed by atoms with E-state index in [-0.39, 0.29) is 17.8 Å². The molecule has 0 fully saturated rings. The van der Waals surface area contributed by atoms with E-state index < -0.39 is 5.91 Å². The molecule has 1 unspecified atom stereocenters. The summed E-state index contributed by atoms with van der Waals surface area (Å²) in [5.41, 5.74) is 15.3. The summed E-state index contributed by atoms with van der Waals surface area (Å²) < 4.78 is 7.84. The fourth-order valence-electron chi connectivity index (χ4n) is 3.65. The topological polar surface area (TPSA) is 138 Å². The van der Waals surface area contributed by atoms with Gasteiger partial charge in [-0.2, -0.15) is 5.10 Å². The molecule has 5 N–H and O–H groups in total. The van der Waals surface area contributed by atoms with Crippen LogP contribution in [0.25, 0.3) is 11.1 Å². The van der Waals surface area contributed by atoms with Gasteiger partial charge in [0.2, 0.25) is 5.91 Å². The summed E-state index contributed by atoms with van der Waals surface area (Å²) in [4.78, 5) is 29.6. The number of ether oxygens (including phenoxy) is 1. The van der Waals surface area contributed by atoms with Crippen LogP contribution in [0, 0.1) is 0 Å². The smallest absolute Gasteiger partial charge is 0.255 e. The first-order valence-corrected chi connectivity index (χ1v) is 12.3. The fourth-order valence-corrected chi connectivity index (χ4v) is 4.23. The lowest BCUT2D eigenvalue weighted by Gasteiger charge is -2.18. The zero-order chi connectivity index (χ0) is 25.8. The first-order chi connectivity index (χ1) is 17.2. The van der Waals surface area contributed by atoms with E-state index in [4.69, 9.17) is 16.2 Å². The maximum absolute atomic E-state index is 12.8. The highest BCUT2D eigenvalue weighted by Gasteiger charge is 2.16. The molecule has 9 nitrogen and oxygen atoms in total. The second kappa shape index (κ2) is 10.5. The number of nitrogens with one attached hydrogen (secondary N) is 1. The molecule has 0 saturated carbocycles. The first kappa shape index (κ1) is 24.8. The summed E-state index contributed by atoms with van der Waals surface area (Å²) in [5.74, 6) is -0.208. The van der Waals surface area contributed by atoms with Crippen molar-refractivity contribution in [2.45, 2.75) is 17.9 Å². The van der Waals surface area contributed by atoms with Crippen LogP contribution in [0.1, 0.15) is 39.3 Å². The molecule has 36 heavy (non-hydrogen) atoms. The van der Waals surface area contributed by atoms with Crippen LogP contribution in [0.2, 0.25) is 0 Å². The number of anilines is 2. The summed E-state index contributed by atoms with van der Waals surface area (Å²) in [6.45, 7) is 1.89. The third kappa shape index (κ3) is 5.49. The van der Waals surface area contributed by atoms with E-state index in [9.17, 15) is 9.59 Å². The number of amides is 2. The molecule has 0 aliphatic rings. The molecule has 0 radical (unpaired) electrons. The molecule has 2 amide bonds. The summed E-state index contributed by atoms with van der Waals surface area (Å²) in [6.07, 6.45) is 6.77. The highest BCUT2D eigenvalue weighted by Crippen LogP contribution is 2.31. The van der Waals surface area contributed by atoms with Crippen molar-refractivity contribution in [3.63, 3.8) is 0 Å². The Morgan fingerprint density at radius 1 is 1.11 bits per heavy atom. The summed E-state index contributed by atoms with van der Waals surface area (Å²) in [6, 6.07) is 14.0. The van der Waals surface area contributed by atoms with E-state index >= 15 is 0 Å². The highest BCUT2D eigenvalue weighted by atomic mass is 32.2. The third-order valence-corrected chi connectivity index (χ3v) is 6.36. The second-order valence-electron chi connectivity index (χ2n) is 8.13. The molecule has 2 heterocycles. The van der Waals surface area contributed by atoms with Gasteiger partial charge < -0.3 is 21.5 Å². The van der Waals surface area contributed by atoms with Gasteiger partial charge in [0.25, 0.3) is 5.91 Å². The molecular weight excluding hydrogens is 476 g/mol. The number of hydrogen-bond donors (Lipinski definition) is 3. The Labute approximate surface area is 212 Å². The van der Waals surface area contributed by atoms with Crippen LogP contribution in [-0.2, 0) is 7.05 Å². The summed E-state index contributed by atoms with van der Waals surface area (Å²) in [7, 11) is 1.84. The number of aromatic nitrogens is 3. The Balaban J connectivity index is 1.51. The molecule has 2 aromatic heterocycles. The molecule has 1 atom stereocenters. The van der Waals surface area contributed by atoms with Gasteiger partial charge >= 0.3 is 0 Å². The van der Waals surface area contributed by atoms with Crippen molar-refractivity contribution in [2.24, 2.45) is 12.8 Å². The van der Waals surface area contributed by atoms with Crippen LogP contribution in [0.5, 0.6) is 5.75 Å². The van der Waals surface area contributed by atoms with Gasteiger partial charge in [-0.05, 0) is 55.1 Å². The van der Waals surface area contributed by atoms with Crippen LogP contribution < -0.4 is 21.5 Å². The largest absolute Gasteiger partial charge is 0.482 e. The number of primary amides is 1. The Kier molecular flexibility index (Phi) is 7.25. The van der Waals surface area contributed by atoms with Gasteiger partial charge in [-0.3, -0.25) is 14.3 Å². The molecule has 0 aliphatic heterocycles. The van der Waals surface area contributed by atoms with Crippen LogP contribution in [0.3, 0.4) is 0 Å². The number of thioether (sulfide) groups is 1. The lowest BCUT2D eigenvalue weighted by atomic mass is 10.1. The molecule has 0 aliphatic carbocycles. The van der Waals surface area contributed by atoms with Gasteiger partial charge in [-0.15, -0.1) is 11.8 Å². The number of rotatable bonds is 8. The maximum atomic E-state index is 12.8. The number of nitrogens with two attached hydrogens (primary N) is 2. The van der Waals surface area contributed by atoms with Crippen LogP contribution in [0.4, 0.5) is 11.5 Å². The van der Waals surface area contributed by atoms with Gasteiger partial charge in [-0.25, -0.2) is 4.98 Å². The number of benzene rings is 2. The number of aryl methyl sites for hydroxylation is 1. The standard InChI is InChI=1S/C26H26N6O3S/c1-15(35-22-11-18(12-29-24(22)27)19-13-30-32(2)14-19)16-5-4-6-20(9-16)31-26(34)17-7-8-23(36-3)21(10-17)25(28)33/h4-15H,1-3H3,(H2,27,29)(H2,28,33)(H,31,34). The molecule has 2 aromatic carbocycles. The van der Waals surface area contributed by atoms with Crippen molar-refractivity contribution in [3.8, 4) is 16.9 Å². The number of carbonyl (C=O) groups is 2. The Bertz CT molecular complexity index is 1430. The molecule has 10 heteroatoms. The van der Waals surface area contributed by atoms with E-state index in [1.54, 1.807) is 35.3 Å². The first-order valence-electron chi connectivity index (χ1n) is 11.1. The van der Waals surface area contributed by atoms with Crippen LogP contribution in [-0.4, -0.2) is 32.8 Å². The predicted octanol–water partition coefficient (Wildman–Crippen LogP) is 4.28. The Morgan fingerprint density at radius 3 is 2.61 bits per heavy atom. The monoisotopic (exact) mass is 502 g/mol. The lowest BCUT2D eigenvalue weighted by molar-refractivity contribution is 0.0997. The fraction of sp³-hybridized carbons (Fsp3) is 0.154. The van der Waals surface area contributed by atoms with Gasteiger partial charge in [0, 0.05) is 46.7 Å². The van der Waals surface area contributed by atoms with Gasteiger partial charge in [0.05, 0.1) is 11.8 Å². The van der Waals surface area contributed by atoms with Crippen LogP contribution in [0.15, 0.2) is 72.0 Å². The average molecular weight is 503 g/mol. The number of nitrogens with zero attached hydrogens (tertiary/aromatic N) is 3. The maximum Gasteiger partial charge on any atom is 0.255 e. The van der Waals surface area contributed by atoms with E-state index in [0.29, 0.717) is 27.5 Å². The predicted molar refractivity (Wildman–Crippen MR) is 141 cm³/mol. The molecule has 4 rings (SSSR count). The second-order valence-corrected chi connectivity index (χ2v) is 8.98. The average Bonchev–Trinajstić information content (AvgIpc) is 3.31.